The van der Waals surface area contributed by atoms with Gasteiger partial charge in [0.05, 0.1) is 5.71 Å². The first-order valence-corrected chi connectivity index (χ1v) is 8.84. The van der Waals surface area contributed by atoms with Gasteiger partial charge in [-0.25, -0.2) is 4.79 Å². The SMILES string of the molecule is CON=C1CCc2c1cccc2N1CCN(C(=O)OC(C)(C)C)CC1. The van der Waals surface area contributed by atoms with E-state index >= 15 is 0 Å². The van der Waals surface area contributed by atoms with Gasteiger partial charge in [-0.15, -0.1) is 0 Å². The van der Waals surface area contributed by atoms with E-state index in [1.165, 1.54) is 16.8 Å². The van der Waals surface area contributed by atoms with Crippen molar-refractivity contribution < 1.29 is 14.4 Å². The summed E-state index contributed by atoms with van der Waals surface area (Å²) in [5.41, 5.74) is 4.35. The topological polar surface area (TPSA) is 54.4 Å². The number of fused-ring (bicyclic) bond motifs is 1. The van der Waals surface area contributed by atoms with Crippen LogP contribution in [0.1, 0.15) is 38.3 Å². The molecule has 0 radical (unpaired) electrons. The molecule has 1 amide bonds. The van der Waals surface area contributed by atoms with Crippen LogP contribution in [0, 0.1) is 0 Å². The van der Waals surface area contributed by atoms with Gasteiger partial charge in [-0.2, -0.15) is 0 Å². The summed E-state index contributed by atoms with van der Waals surface area (Å²) in [6.45, 7) is 8.67. The summed E-state index contributed by atoms with van der Waals surface area (Å²) in [7, 11) is 1.59. The van der Waals surface area contributed by atoms with Crippen LogP contribution in [0.2, 0.25) is 0 Å². The molecule has 1 aromatic carbocycles. The van der Waals surface area contributed by atoms with E-state index in [4.69, 9.17) is 9.57 Å². The van der Waals surface area contributed by atoms with E-state index in [1.807, 2.05) is 20.8 Å². The minimum Gasteiger partial charge on any atom is -0.444 e. The van der Waals surface area contributed by atoms with E-state index in [0.29, 0.717) is 13.1 Å². The first kappa shape index (κ1) is 17.6. The molecule has 6 heteroatoms. The fourth-order valence-corrected chi connectivity index (χ4v) is 3.44. The summed E-state index contributed by atoms with van der Waals surface area (Å²) in [5.74, 6) is 0. The number of hydrogen-bond donors (Lipinski definition) is 0. The number of carbonyl (C=O) groups excluding carboxylic acids is 1. The van der Waals surface area contributed by atoms with Crippen molar-refractivity contribution in [2.75, 3.05) is 38.2 Å². The highest BCUT2D eigenvalue weighted by atomic mass is 16.6. The van der Waals surface area contributed by atoms with E-state index in [-0.39, 0.29) is 6.09 Å². The Kier molecular flexibility index (Phi) is 4.88. The highest BCUT2D eigenvalue weighted by Crippen LogP contribution is 2.32. The Hall–Kier alpha value is -2.24. The molecule has 136 valence electrons. The molecule has 0 unspecified atom stereocenters. The molecule has 0 saturated carbocycles. The van der Waals surface area contributed by atoms with Crippen LogP contribution in [0.3, 0.4) is 0 Å². The van der Waals surface area contributed by atoms with Crippen LogP contribution in [-0.4, -0.2) is 55.6 Å². The lowest BCUT2D eigenvalue weighted by Gasteiger charge is -2.37. The number of amides is 1. The maximum absolute atomic E-state index is 12.2. The van der Waals surface area contributed by atoms with Crippen molar-refractivity contribution in [2.45, 2.75) is 39.2 Å². The van der Waals surface area contributed by atoms with Crippen molar-refractivity contribution in [1.82, 2.24) is 4.90 Å². The Labute approximate surface area is 149 Å². The van der Waals surface area contributed by atoms with Crippen molar-refractivity contribution in [3.63, 3.8) is 0 Å². The lowest BCUT2D eigenvalue weighted by Crippen LogP contribution is -2.50. The van der Waals surface area contributed by atoms with Crippen LogP contribution in [0.4, 0.5) is 10.5 Å². The molecule has 1 aromatic rings. The van der Waals surface area contributed by atoms with Crippen molar-refractivity contribution in [3.05, 3.63) is 29.3 Å². The van der Waals surface area contributed by atoms with Gasteiger partial charge in [0.2, 0.25) is 0 Å². The Morgan fingerprint density at radius 3 is 2.48 bits per heavy atom. The lowest BCUT2D eigenvalue weighted by atomic mass is 10.1. The largest absolute Gasteiger partial charge is 0.444 e. The van der Waals surface area contributed by atoms with Crippen molar-refractivity contribution in [3.8, 4) is 0 Å². The summed E-state index contributed by atoms with van der Waals surface area (Å²) in [6, 6.07) is 6.35. The number of benzene rings is 1. The normalized spacial score (nSPS) is 19.1. The van der Waals surface area contributed by atoms with Crippen molar-refractivity contribution >= 4 is 17.5 Å². The number of piperazine rings is 1. The summed E-state index contributed by atoms with van der Waals surface area (Å²) >= 11 is 0. The number of nitrogens with zero attached hydrogens (tertiary/aromatic N) is 3. The fourth-order valence-electron chi connectivity index (χ4n) is 3.44. The summed E-state index contributed by atoms with van der Waals surface area (Å²) in [6.07, 6.45) is 1.68. The molecule has 0 bridgehead atoms. The summed E-state index contributed by atoms with van der Waals surface area (Å²) < 4.78 is 5.47. The number of hydrogen-bond acceptors (Lipinski definition) is 5. The minimum atomic E-state index is -0.453. The second-order valence-electron chi connectivity index (χ2n) is 7.48. The smallest absolute Gasteiger partial charge is 0.410 e. The fraction of sp³-hybridized carbons (Fsp3) is 0.579. The minimum absolute atomic E-state index is 0.222. The Balaban J connectivity index is 1.69. The predicted octanol–water partition coefficient (Wildman–Crippen LogP) is 3.04. The molecular formula is C19H27N3O3. The first-order chi connectivity index (χ1) is 11.9. The van der Waals surface area contributed by atoms with Gasteiger partial charge in [0, 0.05) is 37.4 Å². The van der Waals surface area contributed by atoms with Gasteiger partial charge in [0.1, 0.15) is 12.7 Å². The maximum atomic E-state index is 12.2. The van der Waals surface area contributed by atoms with E-state index in [0.717, 1.165) is 31.6 Å². The van der Waals surface area contributed by atoms with Crippen LogP contribution in [0.25, 0.3) is 0 Å². The number of rotatable bonds is 2. The van der Waals surface area contributed by atoms with Gasteiger partial charge in [-0.3, -0.25) is 0 Å². The first-order valence-electron chi connectivity index (χ1n) is 8.84. The van der Waals surface area contributed by atoms with Gasteiger partial charge in [-0.05, 0) is 45.2 Å². The van der Waals surface area contributed by atoms with Crippen LogP contribution in [0.15, 0.2) is 23.4 Å². The molecule has 1 heterocycles. The van der Waals surface area contributed by atoms with Crippen LogP contribution in [-0.2, 0) is 16.0 Å². The Morgan fingerprint density at radius 2 is 1.84 bits per heavy atom. The van der Waals surface area contributed by atoms with E-state index in [1.54, 1.807) is 12.0 Å². The highest BCUT2D eigenvalue weighted by Gasteiger charge is 2.28. The number of anilines is 1. The number of oxime groups is 1. The molecule has 1 fully saturated rings. The third-order valence-electron chi connectivity index (χ3n) is 4.55. The average Bonchev–Trinajstić information content (AvgIpc) is 2.97. The second kappa shape index (κ2) is 6.94. The quantitative estimate of drug-likeness (QED) is 0.773. The molecule has 1 aliphatic carbocycles. The molecule has 0 spiro atoms. The van der Waals surface area contributed by atoms with Crippen LogP contribution >= 0.6 is 0 Å². The zero-order valence-corrected chi connectivity index (χ0v) is 15.5. The molecule has 3 rings (SSSR count). The number of carbonyl (C=O) groups is 1. The number of ether oxygens (including phenoxy) is 1. The van der Waals surface area contributed by atoms with Gasteiger partial charge >= 0.3 is 6.09 Å². The highest BCUT2D eigenvalue weighted by molar-refractivity contribution is 6.05. The second-order valence-corrected chi connectivity index (χ2v) is 7.48. The van der Waals surface area contributed by atoms with E-state index < -0.39 is 5.60 Å². The Bertz CT molecular complexity index is 671. The van der Waals surface area contributed by atoms with Crippen molar-refractivity contribution in [1.29, 1.82) is 0 Å². The van der Waals surface area contributed by atoms with E-state index in [2.05, 4.69) is 28.3 Å². The molecule has 0 aromatic heterocycles. The monoisotopic (exact) mass is 345 g/mol. The van der Waals surface area contributed by atoms with E-state index in [9.17, 15) is 4.79 Å². The van der Waals surface area contributed by atoms with Gasteiger partial charge < -0.3 is 19.4 Å². The average molecular weight is 345 g/mol. The molecular weight excluding hydrogens is 318 g/mol. The molecule has 0 N–H and O–H groups in total. The zero-order valence-electron chi connectivity index (χ0n) is 15.5. The standard InChI is InChI=1S/C19H27N3O3/c1-19(2,3)25-18(23)22-12-10-21(11-13-22)17-7-5-6-14-15(17)8-9-16(14)20-24-4/h5-7H,8-13H2,1-4H3. The van der Waals surface area contributed by atoms with Crippen LogP contribution in [0.5, 0.6) is 0 Å². The molecule has 1 saturated heterocycles. The van der Waals surface area contributed by atoms with Crippen LogP contribution < -0.4 is 4.90 Å². The molecule has 2 aliphatic rings. The maximum Gasteiger partial charge on any atom is 0.410 e. The third-order valence-corrected chi connectivity index (χ3v) is 4.55. The molecule has 1 aliphatic heterocycles. The third kappa shape index (κ3) is 3.89. The molecule has 0 atom stereocenters. The summed E-state index contributed by atoms with van der Waals surface area (Å²) in [4.78, 5) is 21.3. The van der Waals surface area contributed by atoms with Gasteiger partial charge in [0.15, 0.2) is 0 Å². The van der Waals surface area contributed by atoms with Gasteiger partial charge in [-0.1, -0.05) is 17.3 Å². The predicted molar refractivity (Wildman–Crippen MR) is 98.3 cm³/mol. The van der Waals surface area contributed by atoms with Gasteiger partial charge in [0.25, 0.3) is 0 Å². The van der Waals surface area contributed by atoms with Crippen molar-refractivity contribution in [2.24, 2.45) is 5.16 Å². The zero-order chi connectivity index (χ0) is 18.0. The Morgan fingerprint density at radius 1 is 1.12 bits per heavy atom. The lowest BCUT2D eigenvalue weighted by molar-refractivity contribution is 0.0240. The molecule has 25 heavy (non-hydrogen) atoms. The summed E-state index contributed by atoms with van der Waals surface area (Å²) in [5, 5.41) is 4.15. The molecule has 6 nitrogen and oxygen atoms in total.